The number of carbonyl (C=O) groups is 2. The maximum atomic E-state index is 12.1. The number of nitro benzene ring substituents is 1. The van der Waals surface area contributed by atoms with Gasteiger partial charge < -0.3 is 10.1 Å². The van der Waals surface area contributed by atoms with E-state index >= 15 is 0 Å². The third-order valence-electron chi connectivity index (χ3n) is 4.02. The molecule has 0 atom stereocenters. The highest BCUT2D eigenvalue weighted by Crippen LogP contribution is 2.28. The average Bonchev–Trinajstić information content (AvgIpc) is 2.96. The number of esters is 1. The van der Waals surface area contributed by atoms with E-state index in [1.807, 2.05) is 13.8 Å². The summed E-state index contributed by atoms with van der Waals surface area (Å²) in [5, 5.41) is 13.6. The lowest BCUT2D eigenvalue weighted by Crippen LogP contribution is -2.21. The van der Waals surface area contributed by atoms with E-state index in [0.29, 0.717) is 4.88 Å². The number of nitro groups is 1. The summed E-state index contributed by atoms with van der Waals surface area (Å²) < 4.78 is 5.02. The zero-order valence-electron chi connectivity index (χ0n) is 15.0. The normalized spacial score (nSPS) is 10.5. The summed E-state index contributed by atoms with van der Waals surface area (Å²) in [6.45, 7) is 6.95. The number of anilines is 1. The Morgan fingerprint density at radius 1 is 1.19 bits per heavy atom. The third-order valence-corrected chi connectivity index (χ3v) is 5.09. The van der Waals surface area contributed by atoms with Crippen LogP contribution in [0.2, 0.25) is 0 Å². The lowest BCUT2D eigenvalue weighted by Gasteiger charge is -2.09. The van der Waals surface area contributed by atoms with Gasteiger partial charge in [-0.2, -0.15) is 0 Å². The van der Waals surface area contributed by atoms with Crippen LogP contribution in [0.5, 0.6) is 0 Å². The monoisotopic (exact) mass is 376 g/mol. The summed E-state index contributed by atoms with van der Waals surface area (Å²) in [4.78, 5) is 36.2. The smallest absolute Gasteiger partial charge is 0.348 e. The van der Waals surface area contributed by atoms with E-state index < -0.39 is 23.4 Å². The molecule has 0 unspecified atom stereocenters. The predicted molar refractivity (Wildman–Crippen MR) is 99.9 cm³/mol. The lowest BCUT2D eigenvalue weighted by atomic mass is 10.1. The Morgan fingerprint density at radius 2 is 1.85 bits per heavy atom. The largest absolute Gasteiger partial charge is 0.451 e. The molecule has 1 amide bonds. The molecule has 1 aromatic heterocycles. The highest BCUT2D eigenvalue weighted by atomic mass is 32.1. The predicted octanol–water partition coefficient (Wildman–Crippen LogP) is 3.94. The van der Waals surface area contributed by atoms with Gasteiger partial charge >= 0.3 is 5.97 Å². The van der Waals surface area contributed by atoms with Crippen LogP contribution in [0.4, 0.5) is 11.4 Å². The number of ether oxygens (including phenoxy) is 1. The Bertz CT molecular complexity index is 873. The van der Waals surface area contributed by atoms with Gasteiger partial charge in [-0.3, -0.25) is 14.9 Å². The molecule has 0 spiro atoms. The van der Waals surface area contributed by atoms with E-state index in [-0.39, 0.29) is 11.4 Å². The summed E-state index contributed by atoms with van der Waals surface area (Å²) in [7, 11) is 0. The minimum Gasteiger partial charge on any atom is -0.451 e. The van der Waals surface area contributed by atoms with Crippen molar-refractivity contribution >= 4 is 34.6 Å². The highest BCUT2D eigenvalue weighted by molar-refractivity contribution is 7.14. The fourth-order valence-corrected chi connectivity index (χ4v) is 3.42. The number of rotatable bonds is 6. The zero-order valence-corrected chi connectivity index (χ0v) is 15.9. The number of benzene rings is 1. The van der Waals surface area contributed by atoms with Gasteiger partial charge in [0.15, 0.2) is 6.61 Å². The second-order valence-corrected chi connectivity index (χ2v) is 7.14. The van der Waals surface area contributed by atoms with E-state index in [2.05, 4.69) is 5.32 Å². The number of nitrogens with zero attached hydrogens (tertiary/aromatic N) is 1. The summed E-state index contributed by atoms with van der Waals surface area (Å²) in [6.07, 6.45) is 0.812. The number of carbonyl (C=O) groups excluding carboxylic acids is 2. The van der Waals surface area contributed by atoms with E-state index in [4.69, 9.17) is 4.74 Å². The maximum Gasteiger partial charge on any atom is 0.348 e. The number of nitrogens with one attached hydrogen (secondary N) is 1. The molecular weight excluding hydrogens is 356 g/mol. The first-order valence-electron chi connectivity index (χ1n) is 8.04. The van der Waals surface area contributed by atoms with Gasteiger partial charge in [0.05, 0.1) is 4.92 Å². The standard InChI is InChI=1S/C18H20N2O5S/c1-5-13-8-16(26-12(13)4)18(22)25-9-17(21)19-14-6-10(2)11(3)7-15(14)20(23)24/h6-8H,5,9H2,1-4H3,(H,19,21). The lowest BCUT2D eigenvalue weighted by molar-refractivity contribution is -0.384. The first-order chi connectivity index (χ1) is 12.2. The molecule has 0 aliphatic carbocycles. The topological polar surface area (TPSA) is 98.5 Å². The van der Waals surface area contributed by atoms with Crippen molar-refractivity contribution in [3.05, 3.63) is 54.8 Å². The summed E-state index contributed by atoms with van der Waals surface area (Å²) in [5.74, 6) is -1.21. The second kappa shape index (κ2) is 8.09. The van der Waals surface area contributed by atoms with Crippen LogP contribution >= 0.6 is 11.3 Å². The van der Waals surface area contributed by atoms with Gasteiger partial charge in [0.25, 0.3) is 11.6 Å². The molecule has 7 nitrogen and oxygen atoms in total. The summed E-state index contributed by atoms with van der Waals surface area (Å²) >= 11 is 1.32. The Balaban J connectivity index is 2.04. The quantitative estimate of drug-likeness (QED) is 0.468. The van der Waals surface area contributed by atoms with E-state index in [1.54, 1.807) is 19.9 Å². The van der Waals surface area contributed by atoms with Gasteiger partial charge in [-0.15, -0.1) is 11.3 Å². The van der Waals surface area contributed by atoms with Crippen LogP contribution in [0.15, 0.2) is 18.2 Å². The van der Waals surface area contributed by atoms with E-state index in [0.717, 1.165) is 28.0 Å². The number of thiophene rings is 1. The molecule has 0 fully saturated rings. The van der Waals surface area contributed by atoms with E-state index in [9.17, 15) is 19.7 Å². The molecule has 138 valence electrons. The van der Waals surface area contributed by atoms with Crippen LogP contribution in [0.25, 0.3) is 0 Å². The number of hydrogen-bond acceptors (Lipinski definition) is 6. The van der Waals surface area contributed by atoms with Gasteiger partial charge in [0.1, 0.15) is 10.6 Å². The molecule has 1 heterocycles. The molecule has 0 bridgehead atoms. The molecule has 0 aliphatic heterocycles. The molecule has 2 rings (SSSR count). The maximum absolute atomic E-state index is 12.1. The van der Waals surface area contributed by atoms with Crippen LogP contribution in [-0.2, 0) is 16.0 Å². The van der Waals surface area contributed by atoms with Crippen LogP contribution < -0.4 is 5.32 Å². The zero-order chi connectivity index (χ0) is 19.4. The minimum atomic E-state index is -0.631. The van der Waals surface area contributed by atoms with E-state index in [1.165, 1.54) is 23.5 Å². The fourth-order valence-electron chi connectivity index (χ4n) is 2.41. The number of aryl methyl sites for hydroxylation is 4. The van der Waals surface area contributed by atoms with Crippen LogP contribution in [0.1, 0.15) is 38.2 Å². The number of amides is 1. The third kappa shape index (κ3) is 4.45. The SMILES string of the molecule is CCc1cc(C(=O)OCC(=O)Nc2cc(C)c(C)cc2[N+](=O)[O-])sc1C. The van der Waals surface area contributed by atoms with Gasteiger partial charge in [-0.05, 0) is 56.0 Å². The van der Waals surface area contributed by atoms with Crippen molar-refractivity contribution in [1.29, 1.82) is 0 Å². The van der Waals surface area contributed by atoms with Crippen molar-refractivity contribution in [2.75, 3.05) is 11.9 Å². The van der Waals surface area contributed by atoms with Crippen LogP contribution in [0.3, 0.4) is 0 Å². The molecular formula is C18H20N2O5S. The molecule has 8 heteroatoms. The molecule has 0 radical (unpaired) electrons. The van der Waals surface area contributed by atoms with Crippen molar-refractivity contribution in [3.63, 3.8) is 0 Å². The molecule has 0 saturated carbocycles. The fraction of sp³-hybridized carbons (Fsp3) is 0.333. The first kappa shape index (κ1) is 19.6. The molecule has 1 N–H and O–H groups in total. The molecule has 1 aromatic carbocycles. The second-order valence-electron chi connectivity index (χ2n) is 5.88. The van der Waals surface area contributed by atoms with Crippen molar-refractivity contribution in [2.45, 2.75) is 34.1 Å². The van der Waals surface area contributed by atoms with Crippen molar-refractivity contribution < 1.29 is 19.2 Å². The van der Waals surface area contributed by atoms with Crippen molar-refractivity contribution in [2.24, 2.45) is 0 Å². The Morgan fingerprint density at radius 3 is 2.42 bits per heavy atom. The molecule has 0 aliphatic rings. The van der Waals surface area contributed by atoms with Gasteiger partial charge in [0.2, 0.25) is 0 Å². The van der Waals surface area contributed by atoms with Crippen LogP contribution in [0, 0.1) is 30.9 Å². The summed E-state index contributed by atoms with van der Waals surface area (Å²) in [6, 6.07) is 4.69. The van der Waals surface area contributed by atoms with Gasteiger partial charge in [-0.1, -0.05) is 6.92 Å². The first-order valence-corrected chi connectivity index (χ1v) is 8.86. The van der Waals surface area contributed by atoms with Gasteiger partial charge in [-0.25, -0.2) is 4.79 Å². The van der Waals surface area contributed by atoms with Crippen molar-refractivity contribution in [1.82, 2.24) is 0 Å². The summed E-state index contributed by atoms with van der Waals surface area (Å²) in [5.41, 5.74) is 2.51. The molecule has 26 heavy (non-hydrogen) atoms. The molecule has 0 saturated heterocycles. The Labute approximate surface area is 155 Å². The van der Waals surface area contributed by atoms with Gasteiger partial charge in [0, 0.05) is 10.9 Å². The average molecular weight is 376 g/mol. The molecule has 2 aromatic rings. The Hall–Kier alpha value is -2.74. The minimum absolute atomic E-state index is 0.0828. The highest BCUT2D eigenvalue weighted by Gasteiger charge is 2.19. The Kier molecular flexibility index (Phi) is 6.10. The number of hydrogen-bond donors (Lipinski definition) is 1. The van der Waals surface area contributed by atoms with Crippen LogP contribution in [-0.4, -0.2) is 23.4 Å². The van der Waals surface area contributed by atoms with Crippen molar-refractivity contribution in [3.8, 4) is 0 Å².